The second-order valence-corrected chi connectivity index (χ2v) is 7.98. The van der Waals surface area contributed by atoms with E-state index >= 15 is 0 Å². The second kappa shape index (κ2) is 8.86. The molecule has 0 aliphatic carbocycles. The SMILES string of the molecule is CN(C)c1cccc(-c2nnc(SCC(=O)Nc3cccc(Cl)c3Cl)n2C)c1. The molecule has 6 nitrogen and oxygen atoms in total. The zero-order valence-electron chi connectivity index (χ0n) is 15.6. The third-order valence-corrected chi connectivity index (χ3v) is 5.85. The van der Waals surface area contributed by atoms with E-state index in [0.29, 0.717) is 20.9 Å². The molecule has 1 N–H and O–H groups in total. The molecule has 0 fully saturated rings. The van der Waals surface area contributed by atoms with Crippen molar-refractivity contribution in [2.45, 2.75) is 5.16 Å². The van der Waals surface area contributed by atoms with Gasteiger partial charge >= 0.3 is 0 Å². The highest BCUT2D eigenvalue weighted by molar-refractivity contribution is 7.99. The molecule has 146 valence electrons. The molecule has 3 aromatic rings. The van der Waals surface area contributed by atoms with Gasteiger partial charge in [0, 0.05) is 32.4 Å². The lowest BCUT2D eigenvalue weighted by Gasteiger charge is -2.13. The molecule has 3 rings (SSSR count). The van der Waals surface area contributed by atoms with Gasteiger partial charge in [0.05, 0.1) is 21.5 Å². The van der Waals surface area contributed by atoms with Gasteiger partial charge in [-0.15, -0.1) is 10.2 Å². The summed E-state index contributed by atoms with van der Waals surface area (Å²) in [5.74, 6) is 0.713. The van der Waals surface area contributed by atoms with Crippen LogP contribution in [0.2, 0.25) is 10.0 Å². The van der Waals surface area contributed by atoms with E-state index in [0.717, 1.165) is 17.1 Å². The number of rotatable bonds is 6. The van der Waals surface area contributed by atoms with Crippen molar-refractivity contribution in [3.8, 4) is 11.4 Å². The second-order valence-electron chi connectivity index (χ2n) is 6.25. The van der Waals surface area contributed by atoms with Gasteiger partial charge < -0.3 is 14.8 Å². The Kier molecular flexibility index (Phi) is 6.49. The normalized spacial score (nSPS) is 10.8. The zero-order chi connectivity index (χ0) is 20.3. The number of nitrogens with zero attached hydrogens (tertiary/aromatic N) is 4. The van der Waals surface area contributed by atoms with Crippen LogP contribution in [0, 0.1) is 0 Å². The summed E-state index contributed by atoms with van der Waals surface area (Å²) in [4.78, 5) is 14.3. The number of nitrogens with one attached hydrogen (secondary N) is 1. The van der Waals surface area contributed by atoms with Crippen LogP contribution in [-0.4, -0.2) is 40.5 Å². The Hall–Kier alpha value is -2.22. The highest BCUT2D eigenvalue weighted by Gasteiger charge is 2.14. The van der Waals surface area contributed by atoms with E-state index in [9.17, 15) is 4.79 Å². The number of carbonyl (C=O) groups excluding carboxylic acids is 1. The quantitative estimate of drug-likeness (QED) is 0.573. The summed E-state index contributed by atoms with van der Waals surface area (Å²) in [7, 11) is 5.86. The monoisotopic (exact) mass is 435 g/mol. The number of hydrogen-bond acceptors (Lipinski definition) is 5. The maximum absolute atomic E-state index is 12.3. The predicted octanol–water partition coefficient (Wildman–Crippen LogP) is 4.59. The van der Waals surface area contributed by atoms with Crippen LogP contribution in [0.15, 0.2) is 47.6 Å². The van der Waals surface area contributed by atoms with Crippen LogP contribution < -0.4 is 10.2 Å². The summed E-state index contributed by atoms with van der Waals surface area (Å²) < 4.78 is 1.87. The molecule has 0 atom stereocenters. The lowest BCUT2D eigenvalue weighted by Crippen LogP contribution is -2.14. The van der Waals surface area contributed by atoms with Gasteiger partial charge in [-0.05, 0) is 24.3 Å². The smallest absolute Gasteiger partial charge is 0.234 e. The van der Waals surface area contributed by atoms with Crippen molar-refractivity contribution in [1.29, 1.82) is 0 Å². The molecule has 0 saturated heterocycles. The van der Waals surface area contributed by atoms with Gasteiger partial charge in [0.15, 0.2) is 11.0 Å². The number of carbonyl (C=O) groups is 1. The van der Waals surface area contributed by atoms with E-state index in [1.54, 1.807) is 18.2 Å². The number of thioether (sulfide) groups is 1. The minimum atomic E-state index is -0.201. The van der Waals surface area contributed by atoms with Crippen molar-refractivity contribution in [1.82, 2.24) is 14.8 Å². The predicted molar refractivity (Wildman–Crippen MR) is 117 cm³/mol. The minimum Gasteiger partial charge on any atom is -0.378 e. The standard InChI is InChI=1S/C19H19Cl2N5OS/c1-25(2)13-7-4-6-12(10-13)18-23-24-19(26(18)3)28-11-16(27)22-15-9-5-8-14(20)17(15)21/h4-10H,11H2,1-3H3,(H,22,27). The molecule has 0 aliphatic rings. The van der Waals surface area contributed by atoms with E-state index < -0.39 is 0 Å². The van der Waals surface area contributed by atoms with E-state index in [1.165, 1.54) is 11.8 Å². The molecule has 0 saturated carbocycles. The average molecular weight is 436 g/mol. The Balaban J connectivity index is 1.68. The molecule has 0 aliphatic heterocycles. The first kappa shape index (κ1) is 20.5. The lowest BCUT2D eigenvalue weighted by molar-refractivity contribution is -0.113. The average Bonchev–Trinajstić information content (AvgIpc) is 3.04. The van der Waals surface area contributed by atoms with E-state index in [-0.39, 0.29) is 11.7 Å². The summed E-state index contributed by atoms with van der Waals surface area (Å²) in [6.45, 7) is 0. The zero-order valence-corrected chi connectivity index (χ0v) is 17.9. The van der Waals surface area contributed by atoms with Crippen LogP contribution in [0.1, 0.15) is 0 Å². The molecule has 0 unspecified atom stereocenters. The molecule has 1 heterocycles. The Bertz CT molecular complexity index is 1010. The fraction of sp³-hybridized carbons (Fsp3) is 0.211. The van der Waals surface area contributed by atoms with Gasteiger partial charge in [0.2, 0.25) is 5.91 Å². The fourth-order valence-corrected chi connectivity index (χ4v) is 3.59. The summed E-state index contributed by atoms with van der Waals surface area (Å²) in [5.41, 5.74) is 2.52. The molecule has 2 aromatic carbocycles. The van der Waals surface area contributed by atoms with Gasteiger partial charge in [-0.1, -0.05) is 53.2 Å². The Labute approximate surface area is 177 Å². The molecule has 9 heteroatoms. The third-order valence-electron chi connectivity index (χ3n) is 4.01. The molecule has 28 heavy (non-hydrogen) atoms. The number of benzene rings is 2. The third kappa shape index (κ3) is 4.60. The van der Waals surface area contributed by atoms with E-state index in [4.69, 9.17) is 23.2 Å². The maximum Gasteiger partial charge on any atom is 0.234 e. The van der Waals surface area contributed by atoms with Crippen molar-refractivity contribution in [2.24, 2.45) is 7.05 Å². The van der Waals surface area contributed by atoms with E-state index in [2.05, 4.69) is 15.5 Å². The highest BCUT2D eigenvalue weighted by Crippen LogP contribution is 2.30. The van der Waals surface area contributed by atoms with Crippen molar-refractivity contribution >= 4 is 52.2 Å². The number of halogens is 2. The summed E-state index contributed by atoms with van der Waals surface area (Å²) >= 11 is 13.4. The number of amides is 1. The van der Waals surface area contributed by atoms with Crippen molar-refractivity contribution in [2.75, 3.05) is 30.1 Å². The van der Waals surface area contributed by atoms with Crippen molar-refractivity contribution < 1.29 is 4.79 Å². The number of anilines is 2. The molecular weight excluding hydrogens is 417 g/mol. The van der Waals surface area contributed by atoms with Crippen LogP contribution in [-0.2, 0) is 11.8 Å². The number of hydrogen-bond donors (Lipinski definition) is 1. The van der Waals surface area contributed by atoms with Gasteiger partial charge in [-0.3, -0.25) is 4.79 Å². The largest absolute Gasteiger partial charge is 0.378 e. The molecule has 0 bridgehead atoms. The molecule has 1 aromatic heterocycles. The first-order valence-corrected chi connectivity index (χ1v) is 10.1. The van der Waals surface area contributed by atoms with Crippen LogP contribution >= 0.6 is 35.0 Å². The van der Waals surface area contributed by atoms with E-state index in [1.807, 2.05) is 54.9 Å². The van der Waals surface area contributed by atoms with Crippen LogP contribution in [0.25, 0.3) is 11.4 Å². The van der Waals surface area contributed by atoms with Crippen LogP contribution in [0.4, 0.5) is 11.4 Å². The van der Waals surface area contributed by atoms with Crippen molar-refractivity contribution in [3.05, 3.63) is 52.5 Å². The number of aromatic nitrogens is 3. The summed E-state index contributed by atoms with van der Waals surface area (Å²) in [6, 6.07) is 13.1. The molecule has 0 radical (unpaired) electrons. The van der Waals surface area contributed by atoms with Crippen LogP contribution in [0.5, 0.6) is 0 Å². The molecule has 1 amide bonds. The lowest BCUT2D eigenvalue weighted by atomic mass is 10.2. The first-order valence-electron chi connectivity index (χ1n) is 8.40. The van der Waals surface area contributed by atoms with Crippen molar-refractivity contribution in [3.63, 3.8) is 0 Å². The van der Waals surface area contributed by atoms with Gasteiger partial charge in [-0.2, -0.15) is 0 Å². The minimum absolute atomic E-state index is 0.173. The Morgan fingerprint density at radius 3 is 2.68 bits per heavy atom. The molecule has 0 spiro atoms. The maximum atomic E-state index is 12.3. The van der Waals surface area contributed by atoms with Gasteiger partial charge in [0.25, 0.3) is 0 Å². The molecular formula is C19H19Cl2N5OS. The summed E-state index contributed by atoms with van der Waals surface area (Å²) in [6.07, 6.45) is 0. The summed E-state index contributed by atoms with van der Waals surface area (Å²) in [5, 5.41) is 12.6. The fourth-order valence-electron chi connectivity index (χ4n) is 2.53. The van der Waals surface area contributed by atoms with Gasteiger partial charge in [0.1, 0.15) is 0 Å². The van der Waals surface area contributed by atoms with Gasteiger partial charge in [-0.25, -0.2) is 0 Å². The Morgan fingerprint density at radius 1 is 1.18 bits per heavy atom. The topological polar surface area (TPSA) is 63.1 Å². The highest BCUT2D eigenvalue weighted by atomic mass is 35.5. The Morgan fingerprint density at radius 2 is 1.93 bits per heavy atom. The van der Waals surface area contributed by atoms with Crippen LogP contribution in [0.3, 0.4) is 0 Å². The first-order chi connectivity index (χ1) is 13.4.